The molecule has 3 rings (SSSR count). The Morgan fingerprint density at radius 2 is 1.77 bits per heavy atom. The van der Waals surface area contributed by atoms with Gasteiger partial charge in [0.1, 0.15) is 6.10 Å². The Hall–Kier alpha value is -1.55. The Kier molecular flexibility index (Phi) is 4.39. The summed E-state index contributed by atoms with van der Waals surface area (Å²) in [4.78, 5) is 16.7. The number of rotatable bonds is 4. The largest absolute Gasteiger partial charge is 0.462 e. The van der Waals surface area contributed by atoms with Gasteiger partial charge in [0.15, 0.2) is 0 Å². The van der Waals surface area contributed by atoms with Gasteiger partial charge in [-0.3, -0.25) is 4.79 Å². The number of piperidine rings is 1. The van der Waals surface area contributed by atoms with E-state index in [-0.39, 0.29) is 12.1 Å². The van der Waals surface area contributed by atoms with Gasteiger partial charge >= 0.3 is 5.97 Å². The van der Waals surface area contributed by atoms with E-state index in [1.807, 2.05) is 38.4 Å². The van der Waals surface area contributed by atoms with E-state index in [1.54, 1.807) is 0 Å². The summed E-state index contributed by atoms with van der Waals surface area (Å²) in [5.74, 6) is -0.0912. The van der Waals surface area contributed by atoms with Gasteiger partial charge in [-0.1, -0.05) is 12.1 Å². The Morgan fingerprint density at radius 1 is 1.18 bits per heavy atom. The molecular formula is C18H26N2O2. The van der Waals surface area contributed by atoms with E-state index in [9.17, 15) is 4.79 Å². The number of hydrogen-bond donors (Lipinski definition) is 0. The first-order valence-corrected chi connectivity index (χ1v) is 8.20. The van der Waals surface area contributed by atoms with Gasteiger partial charge in [-0.05, 0) is 50.4 Å². The van der Waals surface area contributed by atoms with Crippen LogP contribution in [0.3, 0.4) is 0 Å². The Balaban J connectivity index is 1.52. The lowest BCUT2D eigenvalue weighted by molar-refractivity contribution is -0.151. The zero-order valence-corrected chi connectivity index (χ0v) is 13.8. The standard InChI is InChI=1S/C18H26N2O2/c1-19(2)14-6-4-13(5-7-14)10-18(21)22-17-11-15-8-9-16(12-17)20(15)3/h4-7,15-17H,8-12H2,1-3H3/t15-,16+,17?. The quantitative estimate of drug-likeness (QED) is 0.800. The van der Waals surface area contributed by atoms with Crippen LogP contribution in [0.2, 0.25) is 0 Å². The fourth-order valence-electron chi connectivity index (χ4n) is 3.76. The van der Waals surface area contributed by atoms with Crippen LogP contribution < -0.4 is 4.90 Å². The van der Waals surface area contributed by atoms with Crippen LogP contribution in [0.25, 0.3) is 0 Å². The van der Waals surface area contributed by atoms with Crippen molar-refractivity contribution in [2.75, 3.05) is 26.0 Å². The van der Waals surface area contributed by atoms with Crippen molar-refractivity contribution in [1.82, 2.24) is 4.90 Å². The zero-order chi connectivity index (χ0) is 15.7. The fourth-order valence-corrected chi connectivity index (χ4v) is 3.76. The normalized spacial score (nSPS) is 27.7. The van der Waals surface area contributed by atoms with Crippen LogP contribution in [-0.2, 0) is 16.0 Å². The average molecular weight is 302 g/mol. The molecule has 22 heavy (non-hydrogen) atoms. The van der Waals surface area contributed by atoms with Crippen LogP contribution in [0.1, 0.15) is 31.2 Å². The number of benzene rings is 1. The number of ether oxygens (including phenoxy) is 1. The number of carbonyl (C=O) groups is 1. The fraction of sp³-hybridized carbons (Fsp3) is 0.611. The predicted octanol–water partition coefficient (Wildman–Crippen LogP) is 2.46. The first-order chi connectivity index (χ1) is 10.5. The van der Waals surface area contributed by atoms with Crippen LogP contribution in [0.15, 0.2) is 24.3 Å². The molecule has 2 aliphatic rings. The molecule has 0 aliphatic carbocycles. The maximum absolute atomic E-state index is 12.2. The Bertz CT molecular complexity index is 512. The molecule has 4 nitrogen and oxygen atoms in total. The molecule has 1 aromatic carbocycles. The molecular weight excluding hydrogens is 276 g/mol. The van der Waals surface area contributed by atoms with Crippen LogP contribution >= 0.6 is 0 Å². The van der Waals surface area contributed by atoms with Crippen LogP contribution in [-0.4, -0.2) is 50.2 Å². The minimum Gasteiger partial charge on any atom is -0.462 e. The lowest BCUT2D eigenvalue weighted by Gasteiger charge is -2.35. The van der Waals surface area contributed by atoms with Crippen LogP contribution in [0.4, 0.5) is 5.69 Å². The van der Waals surface area contributed by atoms with Crippen LogP contribution in [0, 0.1) is 0 Å². The summed E-state index contributed by atoms with van der Waals surface area (Å²) in [6, 6.07) is 9.31. The number of anilines is 1. The van der Waals surface area contributed by atoms with Gasteiger partial charge < -0.3 is 14.5 Å². The van der Waals surface area contributed by atoms with E-state index in [0.717, 1.165) is 24.1 Å². The third-order valence-electron chi connectivity index (χ3n) is 5.15. The van der Waals surface area contributed by atoms with Crippen LogP contribution in [0.5, 0.6) is 0 Å². The van der Waals surface area contributed by atoms with Gasteiger partial charge in [-0.25, -0.2) is 0 Å². The highest BCUT2D eigenvalue weighted by molar-refractivity contribution is 5.73. The smallest absolute Gasteiger partial charge is 0.310 e. The monoisotopic (exact) mass is 302 g/mol. The van der Waals surface area contributed by atoms with E-state index >= 15 is 0 Å². The summed E-state index contributed by atoms with van der Waals surface area (Å²) >= 11 is 0. The molecule has 1 unspecified atom stereocenters. The van der Waals surface area contributed by atoms with E-state index in [4.69, 9.17) is 4.74 Å². The highest BCUT2D eigenvalue weighted by atomic mass is 16.5. The summed E-state index contributed by atoms with van der Waals surface area (Å²) in [5.41, 5.74) is 2.16. The molecule has 2 fully saturated rings. The van der Waals surface area contributed by atoms with E-state index in [2.05, 4.69) is 16.8 Å². The van der Waals surface area contributed by atoms with Crippen molar-refractivity contribution in [3.8, 4) is 0 Å². The number of esters is 1. The molecule has 0 N–H and O–H groups in total. The van der Waals surface area contributed by atoms with Crippen molar-refractivity contribution in [3.05, 3.63) is 29.8 Å². The molecule has 0 saturated carbocycles. The maximum atomic E-state index is 12.2. The first-order valence-electron chi connectivity index (χ1n) is 8.20. The lowest BCUT2D eigenvalue weighted by Crippen LogP contribution is -2.43. The second kappa shape index (κ2) is 6.29. The number of hydrogen-bond acceptors (Lipinski definition) is 4. The molecule has 0 aromatic heterocycles. The second-order valence-electron chi connectivity index (χ2n) is 6.87. The Labute approximate surface area is 133 Å². The second-order valence-corrected chi connectivity index (χ2v) is 6.87. The van der Waals surface area contributed by atoms with Gasteiger partial charge in [0.25, 0.3) is 0 Å². The van der Waals surface area contributed by atoms with Crippen molar-refractivity contribution < 1.29 is 9.53 Å². The third kappa shape index (κ3) is 3.27. The predicted molar refractivity (Wildman–Crippen MR) is 88.2 cm³/mol. The minimum atomic E-state index is -0.0912. The molecule has 1 aromatic rings. The van der Waals surface area contributed by atoms with Crippen molar-refractivity contribution >= 4 is 11.7 Å². The molecule has 2 bridgehead atoms. The van der Waals surface area contributed by atoms with Gasteiger partial charge in [0, 0.05) is 31.9 Å². The van der Waals surface area contributed by atoms with Gasteiger partial charge in [0.2, 0.25) is 0 Å². The number of carbonyl (C=O) groups excluding carboxylic acids is 1. The summed E-state index contributed by atoms with van der Waals surface area (Å²) in [6.07, 6.45) is 4.98. The van der Waals surface area contributed by atoms with Crippen molar-refractivity contribution in [2.24, 2.45) is 0 Å². The number of fused-ring (bicyclic) bond motifs is 2. The molecule has 0 spiro atoms. The molecule has 0 radical (unpaired) electrons. The van der Waals surface area contributed by atoms with E-state index in [1.165, 1.54) is 12.8 Å². The summed E-state index contributed by atoms with van der Waals surface area (Å²) in [7, 11) is 6.22. The lowest BCUT2D eigenvalue weighted by atomic mass is 10.0. The van der Waals surface area contributed by atoms with Gasteiger partial charge in [-0.2, -0.15) is 0 Å². The highest BCUT2D eigenvalue weighted by Gasteiger charge is 2.39. The topological polar surface area (TPSA) is 32.8 Å². The summed E-state index contributed by atoms with van der Waals surface area (Å²) < 4.78 is 5.73. The molecule has 2 heterocycles. The Morgan fingerprint density at radius 3 is 2.32 bits per heavy atom. The van der Waals surface area contributed by atoms with Crippen molar-refractivity contribution in [1.29, 1.82) is 0 Å². The van der Waals surface area contributed by atoms with Gasteiger partial charge in [-0.15, -0.1) is 0 Å². The average Bonchev–Trinajstić information content (AvgIpc) is 2.70. The van der Waals surface area contributed by atoms with E-state index in [0.29, 0.717) is 18.5 Å². The molecule has 3 atom stereocenters. The van der Waals surface area contributed by atoms with Crippen molar-refractivity contribution in [2.45, 2.75) is 50.3 Å². The number of nitrogens with zero attached hydrogens (tertiary/aromatic N) is 2. The maximum Gasteiger partial charge on any atom is 0.310 e. The molecule has 120 valence electrons. The third-order valence-corrected chi connectivity index (χ3v) is 5.15. The first kappa shape index (κ1) is 15.3. The summed E-state index contributed by atoms with van der Waals surface area (Å²) in [6.45, 7) is 0. The minimum absolute atomic E-state index is 0.0912. The highest BCUT2D eigenvalue weighted by Crippen LogP contribution is 2.35. The molecule has 2 saturated heterocycles. The SMILES string of the molecule is CN(C)c1ccc(CC(=O)OC2C[C@H]3CC[C@@H](C2)N3C)cc1. The molecule has 0 amide bonds. The summed E-state index contributed by atoms with van der Waals surface area (Å²) in [5, 5.41) is 0. The molecule has 4 heteroatoms. The zero-order valence-electron chi connectivity index (χ0n) is 13.8. The van der Waals surface area contributed by atoms with E-state index < -0.39 is 0 Å². The van der Waals surface area contributed by atoms with Gasteiger partial charge in [0.05, 0.1) is 6.42 Å². The molecule has 2 aliphatic heterocycles. The van der Waals surface area contributed by atoms with Crippen molar-refractivity contribution in [3.63, 3.8) is 0 Å².